The van der Waals surface area contributed by atoms with Gasteiger partial charge >= 0.3 is 12.1 Å². The van der Waals surface area contributed by atoms with Gasteiger partial charge in [-0.25, -0.2) is 4.98 Å². The summed E-state index contributed by atoms with van der Waals surface area (Å²) in [5.74, 6) is -0.819. The zero-order valence-electron chi connectivity index (χ0n) is 15.1. The van der Waals surface area contributed by atoms with Crippen LogP contribution in [0.2, 0.25) is 0 Å². The van der Waals surface area contributed by atoms with E-state index in [4.69, 9.17) is 9.15 Å². The van der Waals surface area contributed by atoms with Crippen molar-refractivity contribution in [3.05, 3.63) is 58.8 Å². The molecule has 0 aliphatic heterocycles. The van der Waals surface area contributed by atoms with Crippen LogP contribution in [0.25, 0.3) is 10.8 Å². The Balaban J connectivity index is 1.56. The molecule has 0 radical (unpaired) electrons. The molecule has 1 aromatic carbocycles. The lowest BCUT2D eigenvalue weighted by Crippen LogP contribution is -2.23. The van der Waals surface area contributed by atoms with Gasteiger partial charge in [-0.3, -0.25) is 9.59 Å². The molecule has 0 fully saturated rings. The van der Waals surface area contributed by atoms with Crippen LogP contribution in [0.3, 0.4) is 0 Å². The third-order valence-electron chi connectivity index (χ3n) is 3.81. The Kier molecular flexibility index (Phi) is 6.02. The number of esters is 1. The van der Waals surface area contributed by atoms with Gasteiger partial charge < -0.3 is 14.5 Å². The van der Waals surface area contributed by atoms with Gasteiger partial charge in [0.1, 0.15) is 5.76 Å². The zero-order chi connectivity index (χ0) is 21.0. The highest BCUT2D eigenvalue weighted by molar-refractivity contribution is 7.13. The molecule has 0 saturated heterocycles. The molecule has 3 aromatic rings. The van der Waals surface area contributed by atoms with E-state index >= 15 is 0 Å². The molecular weight excluding hydrogens is 409 g/mol. The summed E-state index contributed by atoms with van der Waals surface area (Å²) in [6.45, 7) is 0.924. The Labute approximate surface area is 167 Å². The largest absolute Gasteiger partial charge is 0.455 e. The molecule has 6 nitrogen and oxygen atoms in total. The van der Waals surface area contributed by atoms with Crippen molar-refractivity contribution in [3.8, 4) is 10.8 Å². The molecule has 0 unspecified atom stereocenters. The number of aryl methyl sites for hydroxylation is 1. The van der Waals surface area contributed by atoms with Crippen LogP contribution in [0.4, 0.5) is 18.9 Å². The number of alkyl halides is 3. The van der Waals surface area contributed by atoms with E-state index < -0.39 is 35.9 Å². The van der Waals surface area contributed by atoms with Crippen LogP contribution >= 0.6 is 11.3 Å². The summed E-state index contributed by atoms with van der Waals surface area (Å²) in [7, 11) is 0. The van der Waals surface area contributed by atoms with E-state index in [2.05, 4.69) is 10.3 Å². The highest BCUT2D eigenvalue weighted by Gasteiger charge is 2.33. The number of carbonyl (C=O) groups excluding carboxylic acids is 2. The van der Waals surface area contributed by atoms with Crippen molar-refractivity contribution < 1.29 is 31.9 Å². The Hall–Kier alpha value is -3.14. The molecule has 0 saturated carbocycles. The minimum atomic E-state index is -4.62. The van der Waals surface area contributed by atoms with E-state index in [-0.39, 0.29) is 6.42 Å². The minimum absolute atomic E-state index is 0.229. The fourth-order valence-electron chi connectivity index (χ4n) is 2.46. The van der Waals surface area contributed by atoms with Crippen LogP contribution in [-0.2, 0) is 26.9 Å². The highest BCUT2D eigenvalue weighted by Crippen LogP contribution is 2.34. The van der Waals surface area contributed by atoms with Gasteiger partial charge in [0.05, 0.1) is 28.2 Å². The number of nitrogens with zero attached hydrogens (tertiary/aromatic N) is 1. The van der Waals surface area contributed by atoms with Crippen molar-refractivity contribution in [1.82, 2.24) is 4.98 Å². The lowest BCUT2D eigenvalue weighted by Gasteiger charge is -2.13. The number of thiophene rings is 1. The molecule has 3 rings (SSSR count). The number of oxazole rings is 1. The van der Waals surface area contributed by atoms with Crippen LogP contribution in [0.1, 0.15) is 17.0 Å². The van der Waals surface area contributed by atoms with Gasteiger partial charge in [0.2, 0.25) is 5.89 Å². The van der Waals surface area contributed by atoms with Crippen LogP contribution in [0, 0.1) is 6.92 Å². The number of carbonyl (C=O) groups is 2. The smallest absolute Gasteiger partial charge is 0.418 e. The van der Waals surface area contributed by atoms with Crippen LogP contribution < -0.4 is 5.32 Å². The van der Waals surface area contributed by atoms with Crippen molar-refractivity contribution in [2.24, 2.45) is 0 Å². The maximum atomic E-state index is 12.9. The number of hydrogen-bond donors (Lipinski definition) is 1. The summed E-state index contributed by atoms with van der Waals surface area (Å²) in [6, 6.07) is 8.19. The fourth-order valence-corrected chi connectivity index (χ4v) is 3.11. The number of para-hydroxylation sites is 1. The first-order valence-electron chi connectivity index (χ1n) is 8.36. The molecule has 1 N–H and O–H groups in total. The molecule has 2 heterocycles. The standard InChI is InChI=1S/C19H15F3N2O4S/c1-11-14(24-18(28-11)15-7-4-8-29-15)9-17(26)27-10-16(25)23-13-6-3-2-5-12(13)19(20,21)22/h2-8H,9-10H2,1H3,(H,23,25). The number of anilines is 1. The van der Waals surface area contributed by atoms with E-state index in [0.29, 0.717) is 17.3 Å². The van der Waals surface area contributed by atoms with Gasteiger partial charge in [0.15, 0.2) is 6.61 Å². The molecule has 152 valence electrons. The predicted molar refractivity (Wildman–Crippen MR) is 99.3 cm³/mol. The van der Waals surface area contributed by atoms with Crippen molar-refractivity contribution in [2.45, 2.75) is 19.5 Å². The summed E-state index contributed by atoms with van der Waals surface area (Å²) >= 11 is 1.43. The van der Waals surface area contributed by atoms with Crippen molar-refractivity contribution in [2.75, 3.05) is 11.9 Å². The first kappa shape index (κ1) is 20.6. The minimum Gasteiger partial charge on any atom is -0.455 e. The second-order valence-electron chi connectivity index (χ2n) is 5.93. The average Bonchev–Trinajstić information content (AvgIpc) is 3.30. The molecule has 2 aromatic heterocycles. The van der Waals surface area contributed by atoms with Crippen molar-refractivity contribution >= 4 is 28.9 Å². The Morgan fingerprint density at radius 3 is 2.66 bits per heavy atom. The zero-order valence-corrected chi connectivity index (χ0v) is 15.9. The average molecular weight is 424 g/mol. The SMILES string of the molecule is Cc1oc(-c2cccs2)nc1CC(=O)OCC(=O)Nc1ccccc1C(F)(F)F. The predicted octanol–water partition coefficient (Wildman–Crippen LogP) is 4.45. The van der Waals surface area contributed by atoms with Gasteiger partial charge in [0, 0.05) is 0 Å². The van der Waals surface area contributed by atoms with E-state index in [9.17, 15) is 22.8 Å². The number of hydrogen-bond acceptors (Lipinski definition) is 6. The number of benzene rings is 1. The first-order valence-corrected chi connectivity index (χ1v) is 9.24. The Bertz CT molecular complexity index is 1010. The van der Waals surface area contributed by atoms with Gasteiger partial charge in [-0.15, -0.1) is 11.3 Å². The number of ether oxygens (including phenoxy) is 1. The molecular formula is C19H15F3N2O4S. The number of rotatable bonds is 6. The monoisotopic (exact) mass is 424 g/mol. The van der Waals surface area contributed by atoms with Gasteiger partial charge in [-0.05, 0) is 30.5 Å². The summed E-state index contributed by atoms with van der Waals surface area (Å²) in [6.07, 6.45) is -4.85. The molecule has 0 atom stereocenters. The van der Waals surface area contributed by atoms with E-state index in [1.54, 1.807) is 6.92 Å². The quantitative estimate of drug-likeness (QED) is 0.591. The molecule has 0 aliphatic carbocycles. The highest BCUT2D eigenvalue weighted by atomic mass is 32.1. The van der Waals surface area contributed by atoms with Gasteiger partial charge in [-0.1, -0.05) is 18.2 Å². The van der Waals surface area contributed by atoms with Crippen molar-refractivity contribution in [3.63, 3.8) is 0 Å². The number of halogens is 3. The maximum absolute atomic E-state index is 12.9. The second-order valence-corrected chi connectivity index (χ2v) is 6.88. The van der Waals surface area contributed by atoms with Crippen LogP contribution in [-0.4, -0.2) is 23.5 Å². The molecule has 0 aliphatic rings. The van der Waals surface area contributed by atoms with E-state index in [0.717, 1.165) is 17.0 Å². The summed E-state index contributed by atoms with van der Waals surface area (Å²) < 4.78 is 49.2. The molecule has 29 heavy (non-hydrogen) atoms. The lowest BCUT2D eigenvalue weighted by molar-refractivity contribution is -0.146. The number of aromatic nitrogens is 1. The molecule has 0 bridgehead atoms. The van der Waals surface area contributed by atoms with Gasteiger partial charge in [0.25, 0.3) is 5.91 Å². The summed E-state index contributed by atoms with van der Waals surface area (Å²) in [5, 5.41) is 3.96. The topological polar surface area (TPSA) is 81.4 Å². The lowest BCUT2D eigenvalue weighted by atomic mass is 10.1. The van der Waals surface area contributed by atoms with Crippen molar-refractivity contribution in [1.29, 1.82) is 0 Å². The second kappa shape index (κ2) is 8.48. The van der Waals surface area contributed by atoms with Crippen LogP contribution in [0.15, 0.2) is 46.2 Å². The fraction of sp³-hybridized carbons (Fsp3) is 0.211. The molecule has 10 heteroatoms. The maximum Gasteiger partial charge on any atom is 0.418 e. The summed E-state index contributed by atoms with van der Waals surface area (Å²) in [5.41, 5.74) is -1.03. The molecule has 0 spiro atoms. The third kappa shape index (κ3) is 5.23. The normalized spacial score (nSPS) is 11.3. The third-order valence-corrected chi connectivity index (χ3v) is 4.67. The number of amides is 1. The van der Waals surface area contributed by atoms with E-state index in [1.807, 2.05) is 17.5 Å². The van der Waals surface area contributed by atoms with Crippen LogP contribution in [0.5, 0.6) is 0 Å². The first-order chi connectivity index (χ1) is 13.7. The Morgan fingerprint density at radius 1 is 1.21 bits per heavy atom. The Morgan fingerprint density at radius 2 is 1.97 bits per heavy atom. The summed E-state index contributed by atoms with van der Waals surface area (Å²) in [4.78, 5) is 28.9. The number of nitrogens with one attached hydrogen (secondary N) is 1. The molecule has 1 amide bonds. The van der Waals surface area contributed by atoms with E-state index in [1.165, 1.54) is 23.5 Å². The van der Waals surface area contributed by atoms with Gasteiger partial charge in [-0.2, -0.15) is 13.2 Å².